The molecule has 0 spiro atoms. The molecule has 0 bridgehead atoms. The number of amides is 1. The maximum absolute atomic E-state index is 11.2. The highest BCUT2D eigenvalue weighted by Crippen LogP contribution is 2.25. The Morgan fingerprint density at radius 2 is 2.21 bits per heavy atom. The molecule has 3 unspecified atom stereocenters. The highest BCUT2D eigenvalue weighted by atomic mass is 16.3. The van der Waals surface area contributed by atoms with Gasteiger partial charge in [-0.15, -0.1) is 0 Å². The minimum Gasteiger partial charge on any atom is -0.396 e. The van der Waals surface area contributed by atoms with E-state index < -0.39 is 6.10 Å². The SMILES string of the molecule is CCCC(=O)NC1CC(O)C(CO)C1. The molecular formula is C10H19NO3. The van der Waals surface area contributed by atoms with Crippen LogP contribution in [-0.4, -0.2) is 34.9 Å². The fraction of sp³-hybridized carbons (Fsp3) is 0.900. The van der Waals surface area contributed by atoms with Crippen molar-refractivity contribution in [2.45, 2.75) is 44.8 Å². The van der Waals surface area contributed by atoms with Crippen LogP contribution in [0.2, 0.25) is 0 Å². The van der Waals surface area contributed by atoms with Crippen molar-refractivity contribution < 1.29 is 15.0 Å². The molecule has 1 aliphatic carbocycles. The lowest BCUT2D eigenvalue weighted by atomic mass is 10.1. The van der Waals surface area contributed by atoms with Gasteiger partial charge in [-0.25, -0.2) is 0 Å². The Bertz CT molecular complexity index is 196. The van der Waals surface area contributed by atoms with E-state index in [1.807, 2.05) is 6.92 Å². The molecule has 1 saturated carbocycles. The lowest BCUT2D eigenvalue weighted by Crippen LogP contribution is -2.33. The van der Waals surface area contributed by atoms with Crippen molar-refractivity contribution in [2.75, 3.05) is 6.61 Å². The molecule has 82 valence electrons. The number of hydrogen-bond acceptors (Lipinski definition) is 3. The van der Waals surface area contributed by atoms with Crippen molar-refractivity contribution in [3.8, 4) is 0 Å². The van der Waals surface area contributed by atoms with Crippen molar-refractivity contribution in [1.29, 1.82) is 0 Å². The van der Waals surface area contributed by atoms with Gasteiger partial charge in [-0.1, -0.05) is 6.92 Å². The highest BCUT2D eigenvalue weighted by Gasteiger charge is 2.32. The first kappa shape index (κ1) is 11.5. The number of carbonyl (C=O) groups excluding carboxylic acids is 1. The molecule has 0 saturated heterocycles. The predicted molar refractivity (Wildman–Crippen MR) is 52.7 cm³/mol. The van der Waals surface area contributed by atoms with E-state index in [0.717, 1.165) is 6.42 Å². The molecule has 1 aliphatic rings. The van der Waals surface area contributed by atoms with Crippen LogP contribution in [0.4, 0.5) is 0 Å². The smallest absolute Gasteiger partial charge is 0.220 e. The van der Waals surface area contributed by atoms with E-state index >= 15 is 0 Å². The number of carbonyl (C=O) groups is 1. The molecule has 1 rings (SSSR count). The Morgan fingerprint density at radius 1 is 1.50 bits per heavy atom. The largest absolute Gasteiger partial charge is 0.396 e. The van der Waals surface area contributed by atoms with Crippen LogP contribution in [0.5, 0.6) is 0 Å². The molecule has 1 amide bonds. The molecule has 0 aromatic carbocycles. The van der Waals surface area contributed by atoms with E-state index in [1.165, 1.54) is 0 Å². The normalized spacial score (nSPS) is 31.8. The van der Waals surface area contributed by atoms with Gasteiger partial charge in [0.15, 0.2) is 0 Å². The van der Waals surface area contributed by atoms with Crippen LogP contribution in [0.3, 0.4) is 0 Å². The molecule has 3 N–H and O–H groups in total. The van der Waals surface area contributed by atoms with Crippen molar-refractivity contribution >= 4 is 5.91 Å². The van der Waals surface area contributed by atoms with Crippen LogP contribution in [0, 0.1) is 5.92 Å². The average molecular weight is 201 g/mol. The van der Waals surface area contributed by atoms with E-state index in [1.54, 1.807) is 0 Å². The van der Waals surface area contributed by atoms with Gasteiger partial charge in [0.25, 0.3) is 0 Å². The minimum atomic E-state index is -0.466. The third kappa shape index (κ3) is 2.96. The third-order valence-electron chi connectivity index (χ3n) is 2.73. The molecular weight excluding hydrogens is 182 g/mol. The quantitative estimate of drug-likeness (QED) is 0.601. The summed E-state index contributed by atoms with van der Waals surface area (Å²) >= 11 is 0. The Hall–Kier alpha value is -0.610. The zero-order valence-electron chi connectivity index (χ0n) is 8.57. The van der Waals surface area contributed by atoms with E-state index in [-0.39, 0.29) is 24.5 Å². The number of nitrogens with one attached hydrogen (secondary N) is 1. The van der Waals surface area contributed by atoms with Crippen molar-refractivity contribution in [3.05, 3.63) is 0 Å². The van der Waals surface area contributed by atoms with Gasteiger partial charge in [0, 0.05) is 25.0 Å². The summed E-state index contributed by atoms with van der Waals surface area (Å²) in [4.78, 5) is 11.2. The van der Waals surface area contributed by atoms with Crippen molar-refractivity contribution in [1.82, 2.24) is 5.32 Å². The monoisotopic (exact) mass is 201 g/mol. The summed E-state index contributed by atoms with van der Waals surface area (Å²) in [5, 5.41) is 21.3. The van der Waals surface area contributed by atoms with E-state index in [0.29, 0.717) is 19.3 Å². The number of rotatable bonds is 4. The summed E-state index contributed by atoms with van der Waals surface area (Å²) in [5.41, 5.74) is 0. The van der Waals surface area contributed by atoms with Crippen molar-refractivity contribution in [3.63, 3.8) is 0 Å². The molecule has 0 aliphatic heterocycles. The third-order valence-corrected chi connectivity index (χ3v) is 2.73. The predicted octanol–water partition coefficient (Wildman–Crippen LogP) is 0.0345. The second-order valence-electron chi connectivity index (χ2n) is 4.00. The van der Waals surface area contributed by atoms with Crippen molar-refractivity contribution in [2.24, 2.45) is 5.92 Å². The second-order valence-corrected chi connectivity index (χ2v) is 4.00. The van der Waals surface area contributed by atoms with Gasteiger partial charge < -0.3 is 15.5 Å². The lowest BCUT2D eigenvalue weighted by Gasteiger charge is -2.11. The Balaban J connectivity index is 2.31. The average Bonchev–Trinajstić information content (AvgIpc) is 2.46. The lowest BCUT2D eigenvalue weighted by molar-refractivity contribution is -0.121. The number of aliphatic hydroxyl groups is 2. The fourth-order valence-electron chi connectivity index (χ4n) is 1.94. The van der Waals surface area contributed by atoms with E-state index in [4.69, 9.17) is 5.11 Å². The summed E-state index contributed by atoms with van der Waals surface area (Å²) in [7, 11) is 0. The molecule has 4 nitrogen and oxygen atoms in total. The molecule has 4 heteroatoms. The van der Waals surface area contributed by atoms with Gasteiger partial charge in [-0.2, -0.15) is 0 Å². The Labute approximate surface area is 84.3 Å². The van der Waals surface area contributed by atoms with Crippen LogP contribution in [0.1, 0.15) is 32.6 Å². The highest BCUT2D eigenvalue weighted by molar-refractivity contribution is 5.76. The Kier molecular flexibility index (Phi) is 4.35. The van der Waals surface area contributed by atoms with E-state index in [9.17, 15) is 9.90 Å². The van der Waals surface area contributed by atoms with Crippen LogP contribution >= 0.6 is 0 Å². The van der Waals surface area contributed by atoms with Gasteiger partial charge in [-0.3, -0.25) is 4.79 Å². The van der Waals surface area contributed by atoms with Gasteiger partial charge in [-0.05, 0) is 19.3 Å². The van der Waals surface area contributed by atoms with Crippen LogP contribution in [-0.2, 0) is 4.79 Å². The summed E-state index contributed by atoms with van der Waals surface area (Å²) in [6, 6.07) is 0.0428. The number of aliphatic hydroxyl groups excluding tert-OH is 2. The molecule has 0 aromatic rings. The topological polar surface area (TPSA) is 69.6 Å². The molecule has 14 heavy (non-hydrogen) atoms. The summed E-state index contributed by atoms with van der Waals surface area (Å²) in [5.74, 6) is -0.0229. The van der Waals surface area contributed by atoms with Crippen LogP contribution in [0.15, 0.2) is 0 Å². The second kappa shape index (κ2) is 5.32. The maximum atomic E-state index is 11.2. The maximum Gasteiger partial charge on any atom is 0.220 e. The fourth-order valence-corrected chi connectivity index (χ4v) is 1.94. The minimum absolute atomic E-state index is 0.00130. The number of hydrogen-bond donors (Lipinski definition) is 3. The van der Waals surface area contributed by atoms with Crippen LogP contribution in [0.25, 0.3) is 0 Å². The molecule has 0 aromatic heterocycles. The molecule has 0 heterocycles. The zero-order chi connectivity index (χ0) is 10.6. The molecule has 3 atom stereocenters. The van der Waals surface area contributed by atoms with Gasteiger partial charge >= 0.3 is 0 Å². The first-order chi connectivity index (χ1) is 6.67. The molecule has 1 fully saturated rings. The van der Waals surface area contributed by atoms with Crippen LogP contribution < -0.4 is 5.32 Å². The standard InChI is InChI=1S/C10H19NO3/c1-2-3-10(14)11-8-4-7(6-12)9(13)5-8/h7-9,12-13H,2-6H2,1H3,(H,11,14). The van der Waals surface area contributed by atoms with Gasteiger partial charge in [0.1, 0.15) is 0 Å². The van der Waals surface area contributed by atoms with Gasteiger partial charge in [0.2, 0.25) is 5.91 Å². The first-order valence-electron chi connectivity index (χ1n) is 5.25. The Morgan fingerprint density at radius 3 is 2.71 bits per heavy atom. The zero-order valence-corrected chi connectivity index (χ0v) is 8.57. The van der Waals surface area contributed by atoms with E-state index in [2.05, 4.69) is 5.32 Å². The summed E-state index contributed by atoms with van der Waals surface area (Å²) in [6.45, 7) is 1.96. The molecule has 0 radical (unpaired) electrons. The first-order valence-corrected chi connectivity index (χ1v) is 5.25. The van der Waals surface area contributed by atoms with Gasteiger partial charge in [0.05, 0.1) is 6.10 Å². The summed E-state index contributed by atoms with van der Waals surface area (Å²) < 4.78 is 0. The summed E-state index contributed by atoms with van der Waals surface area (Å²) in [6.07, 6.45) is 2.17.